The third kappa shape index (κ3) is 3.25. The predicted molar refractivity (Wildman–Crippen MR) is 97.9 cm³/mol. The molecular formula is C19H18F3N3O4. The Bertz CT molecular complexity index is 962. The first-order valence-corrected chi connectivity index (χ1v) is 8.43. The number of alkyl halides is 3. The highest BCUT2D eigenvalue weighted by Gasteiger charge is 2.56. The van der Waals surface area contributed by atoms with Crippen molar-refractivity contribution in [1.82, 2.24) is 4.90 Å². The number of carbonyl (C=O) groups is 2. The molecule has 3 N–H and O–H groups in total. The first kappa shape index (κ1) is 20.5. The van der Waals surface area contributed by atoms with E-state index in [-0.39, 0.29) is 18.2 Å². The third-order valence-electron chi connectivity index (χ3n) is 4.87. The van der Waals surface area contributed by atoms with E-state index < -0.39 is 34.9 Å². The number of phenolic OH excluding ortho intramolecular Hbond substituents is 1. The molecule has 1 unspecified atom stereocenters. The zero-order valence-corrected chi connectivity index (χ0v) is 15.5. The van der Waals surface area contributed by atoms with E-state index >= 15 is 0 Å². The highest BCUT2D eigenvalue weighted by atomic mass is 19.4. The van der Waals surface area contributed by atoms with Crippen LogP contribution >= 0.6 is 0 Å². The van der Waals surface area contributed by atoms with Crippen molar-refractivity contribution >= 4 is 23.3 Å². The molecule has 3 rings (SSSR count). The minimum Gasteiger partial charge on any atom is -0.508 e. The van der Waals surface area contributed by atoms with Crippen LogP contribution in [0, 0.1) is 0 Å². The summed E-state index contributed by atoms with van der Waals surface area (Å²) >= 11 is 0. The molecule has 1 heterocycles. The molecule has 1 aliphatic rings. The number of ether oxygens (including phenoxy) is 1. The minimum absolute atomic E-state index is 0.0439. The number of imide groups is 1. The lowest BCUT2D eigenvalue weighted by atomic mass is 9.90. The number of hydrogen-bond donors (Lipinski definition) is 2. The zero-order valence-electron chi connectivity index (χ0n) is 15.5. The number of methoxy groups -OCH3 is 1. The summed E-state index contributed by atoms with van der Waals surface area (Å²) in [5.74, 6) is -0.805. The highest BCUT2D eigenvalue weighted by molar-refractivity contribution is 6.23. The van der Waals surface area contributed by atoms with Crippen molar-refractivity contribution in [3.8, 4) is 5.75 Å². The van der Waals surface area contributed by atoms with E-state index in [1.165, 1.54) is 44.4 Å². The third-order valence-corrected chi connectivity index (χ3v) is 4.87. The van der Waals surface area contributed by atoms with Crippen molar-refractivity contribution in [3.63, 3.8) is 0 Å². The Labute approximate surface area is 164 Å². The SMILES string of the molecule is COCN1C(=O)N(c2ccc(N)c(C(F)(F)F)c2)C(=O)C1(C)c1ccc(O)cc1. The molecule has 3 amide bonds. The maximum atomic E-state index is 13.3. The van der Waals surface area contributed by atoms with Crippen molar-refractivity contribution in [3.05, 3.63) is 53.6 Å². The summed E-state index contributed by atoms with van der Waals surface area (Å²) in [4.78, 5) is 28.1. The van der Waals surface area contributed by atoms with E-state index in [4.69, 9.17) is 10.5 Å². The number of halogens is 3. The number of aromatic hydroxyl groups is 1. The zero-order chi connectivity index (χ0) is 21.6. The fraction of sp³-hybridized carbons (Fsp3) is 0.263. The van der Waals surface area contributed by atoms with Gasteiger partial charge < -0.3 is 15.6 Å². The molecular weight excluding hydrogens is 391 g/mol. The molecule has 1 aliphatic heterocycles. The van der Waals surface area contributed by atoms with E-state index in [0.717, 1.165) is 11.0 Å². The first-order chi connectivity index (χ1) is 13.5. The van der Waals surface area contributed by atoms with Gasteiger partial charge in [-0.1, -0.05) is 12.1 Å². The van der Waals surface area contributed by atoms with Crippen LogP contribution in [0.25, 0.3) is 0 Å². The molecule has 0 radical (unpaired) electrons. The van der Waals surface area contributed by atoms with Crippen LogP contribution in [0.1, 0.15) is 18.1 Å². The van der Waals surface area contributed by atoms with Crippen LogP contribution in [-0.4, -0.2) is 35.8 Å². The van der Waals surface area contributed by atoms with Crippen LogP contribution in [0.5, 0.6) is 5.75 Å². The summed E-state index contributed by atoms with van der Waals surface area (Å²) < 4.78 is 44.8. The monoisotopic (exact) mass is 409 g/mol. The highest BCUT2D eigenvalue weighted by Crippen LogP contribution is 2.42. The number of benzene rings is 2. The molecule has 10 heteroatoms. The summed E-state index contributed by atoms with van der Waals surface area (Å²) in [7, 11) is 1.32. The number of nitrogen functional groups attached to an aromatic ring is 1. The molecule has 1 atom stereocenters. The van der Waals surface area contributed by atoms with E-state index in [1.807, 2.05) is 0 Å². The molecule has 2 aromatic carbocycles. The van der Waals surface area contributed by atoms with E-state index in [2.05, 4.69) is 0 Å². The summed E-state index contributed by atoms with van der Waals surface area (Å²) in [6.45, 7) is 1.18. The lowest BCUT2D eigenvalue weighted by molar-refractivity contribution is -0.137. The maximum Gasteiger partial charge on any atom is 0.418 e. The fourth-order valence-electron chi connectivity index (χ4n) is 3.27. The Morgan fingerprint density at radius 2 is 1.76 bits per heavy atom. The second-order valence-corrected chi connectivity index (χ2v) is 6.66. The van der Waals surface area contributed by atoms with E-state index in [9.17, 15) is 27.9 Å². The van der Waals surface area contributed by atoms with Crippen LogP contribution in [-0.2, 0) is 21.2 Å². The molecule has 0 bridgehead atoms. The van der Waals surface area contributed by atoms with Crippen LogP contribution in [0.2, 0.25) is 0 Å². The Hall–Kier alpha value is -3.27. The number of rotatable bonds is 4. The van der Waals surface area contributed by atoms with E-state index in [0.29, 0.717) is 16.5 Å². The molecule has 1 saturated heterocycles. The molecule has 7 nitrogen and oxygen atoms in total. The average Bonchev–Trinajstić information content (AvgIpc) is 2.84. The van der Waals surface area contributed by atoms with Gasteiger partial charge in [0.05, 0.1) is 11.3 Å². The predicted octanol–water partition coefficient (Wildman–Crippen LogP) is 3.28. The number of nitrogens with zero attached hydrogens (tertiary/aromatic N) is 2. The van der Waals surface area contributed by atoms with Crippen molar-refractivity contribution in [1.29, 1.82) is 0 Å². The molecule has 1 fully saturated rings. The molecule has 0 saturated carbocycles. The lowest BCUT2D eigenvalue weighted by Gasteiger charge is -2.31. The van der Waals surface area contributed by atoms with Gasteiger partial charge in [0.25, 0.3) is 5.91 Å². The number of anilines is 2. The van der Waals surface area contributed by atoms with Gasteiger partial charge in [-0.25, -0.2) is 9.69 Å². The summed E-state index contributed by atoms with van der Waals surface area (Å²) in [5.41, 5.74) is 2.30. The molecule has 0 spiro atoms. The Kier molecular flexibility index (Phi) is 4.91. The molecule has 29 heavy (non-hydrogen) atoms. The standard InChI is InChI=1S/C19H18F3N3O4/c1-18(11-3-6-13(26)7-4-11)16(27)25(17(28)24(18)10-29-2)12-5-8-15(23)14(9-12)19(20,21)22/h3-9,26H,10,23H2,1-2H3. The fourth-order valence-corrected chi connectivity index (χ4v) is 3.27. The minimum atomic E-state index is -4.75. The van der Waals surface area contributed by atoms with Crippen molar-refractivity contribution in [2.24, 2.45) is 0 Å². The van der Waals surface area contributed by atoms with Gasteiger partial charge in [-0.05, 0) is 42.8 Å². The normalized spacial score (nSPS) is 19.9. The van der Waals surface area contributed by atoms with Gasteiger partial charge in [-0.2, -0.15) is 13.2 Å². The second-order valence-electron chi connectivity index (χ2n) is 6.66. The van der Waals surface area contributed by atoms with Crippen molar-refractivity contribution in [2.75, 3.05) is 24.5 Å². The summed E-state index contributed by atoms with van der Waals surface area (Å²) in [6.07, 6.45) is -4.75. The first-order valence-electron chi connectivity index (χ1n) is 8.43. The number of nitrogens with two attached hydrogens (primary N) is 1. The average molecular weight is 409 g/mol. The number of amides is 3. The van der Waals surface area contributed by atoms with Gasteiger partial charge in [0.15, 0.2) is 0 Å². The molecule has 0 aliphatic carbocycles. The van der Waals surface area contributed by atoms with Crippen molar-refractivity contribution < 1.29 is 32.6 Å². The van der Waals surface area contributed by atoms with Gasteiger partial charge >= 0.3 is 12.2 Å². The largest absolute Gasteiger partial charge is 0.508 e. The Balaban J connectivity index is 2.14. The number of urea groups is 1. The van der Waals surface area contributed by atoms with Gasteiger partial charge in [0, 0.05) is 12.8 Å². The topological polar surface area (TPSA) is 96.1 Å². The Morgan fingerprint density at radius 3 is 2.31 bits per heavy atom. The smallest absolute Gasteiger partial charge is 0.418 e. The molecule has 2 aromatic rings. The van der Waals surface area contributed by atoms with Crippen LogP contribution in [0.3, 0.4) is 0 Å². The summed E-state index contributed by atoms with van der Waals surface area (Å²) in [6, 6.07) is 7.59. The number of carbonyl (C=O) groups excluding carboxylic acids is 2. The number of phenols is 1. The van der Waals surface area contributed by atoms with Crippen LogP contribution in [0.4, 0.5) is 29.3 Å². The van der Waals surface area contributed by atoms with Gasteiger partial charge in [-0.3, -0.25) is 9.69 Å². The molecule has 0 aromatic heterocycles. The number of hydrogen-bond acceptors (Lipinski definition) is 5. The van der Waals surface area contributed by atoms with Crippen LogP contribution < -0.4 is 10.6 Å². The second kappa shape index (κ2) is 6.96. The quantitative estimate of drug-likeness (QED) is 0.597. The maximum absolute atomic E-state index is 13.3. The lowest BCUT2D eigenvalue weighted by Crippen LogP contribution is -2.45. The van der Waals surface area contributed by atoms with Crippen LogP contribution in [0.15, 0.2) is 42.5 Å². The summed E-state index contributed by atoms with van der Waals surface area (Å²) in [5, 5.41) is 9.51. The van der Waals surface area contributed by atoms with Gasteiger partial charge in [0.1, 0.15) is 18.0 Å². The van der Waals surface area contributed by atoms with E-state index in [1.54, 1.807) is 0 Å². The van der Waals surface area contributed by atoms with Gasteiger partial charge in [-0.15, -0.1) is 0 Å². The van der Waals surface area contributed by atoms with Crippen molar-refractivity contribution in [2.45, 2.75) is 18.6 Å². The molecule has 154 valence electrons. The van der Waals surface area contributed by atoms with Gasteiger partial charge in [0.2, 0.25) is 0 Å². The Morgan fingerprint density at radius 1 is 1.14 bits per heavy atom.